The zero-order valence-electron chi connectivity index (χ0n) is 10.3. The van der Waals surface area contributed by atoms with E-state index in [1.165, 1.54) is 12.3 Å². The summed E-state index contributed by atoms with van der Waals surface area (Å²) < 4.78 is 20.2. The predicted molar refractivity (Wildman–Crippen MR) is 80.3 cm³/mol. The second-order valence-electron chi connectivity index (χ2n) is 4.24. The van der Waals surface area contributed by atoms with E-state index in [-0.39, 0.29) is 5.75 Å². The maximum Gasteiger partial charge on any atom is 0.165 e. The molecule has 0 aliphatic carbocycles. The first-order valence-corrected chi connectivity index (χ1v) is 6.70. The van der Waals surface area contributed by atoms with Crippen molar-refractivity contribution in [3.05, 3.63) is 59.0 Å². The lowest BCUT2D eigenvalue weighted by Crippen LogP contribution is -1.96. The van der Waals surface area contributed by atoms with Crippen LogP contribution in [-0.2, 0) is 0 Å². The third-order valence-corrected chi connectivity index (χ3v) is 3.35. The smallest absolute Gasteiger partial charge is 0.165 e. The zero-order valence-corrected chi connectivity index (χ0v) is 11.9. The standard InChI is InChI=1S/C15H10BrFN2O/c16-9-5-6-13-10(7-9)15(12(18)8-19-13)20-14-4-2-1-3-11(14)17/h1-8H,18H2. The Morgan fingerprint density at radius 1 is 1.15 bits per heavy atom. The molecule has 1 aromatic heterocycles. The van der Waals surface area contributed by atoms with Crippen LogP contribution in [0.25, 0.3) is 10.9 Å². The second kappa shape index (κ2) is 5.09. The van der Waals surface area contributed by atoms with Crippen LogP contribution in [0, 0.1) is 5.82 Å². The lowest BCUT2D eigenvalue weighted by molar-refractivity contribution is 0.448. The number of anilines is 1. The third kappa shape index (κ3) is 2.32. The highest BCUT2D eigenvalue weighted by molar-refractivity contribution is 9.10. The summed E-state index contributed by atoms with van der Waals surface area (Å²) in [5.74, 6) is 0.0972. The van der Waals surface area contributed by atoms with E-state index in [0.717, 1.165) is 15.4 Å². The van der Waals surface area contributed by atoms with Gasteiger partial charge < -0.3 is 10.5 Å². The lowest BCUT2D eigenvalue weighted by Gasteiger charge is -2.12. The van der Waals surface area contributed by atoms with Crippen molar-refractivity contribution in [3.8, 4) is 11.5 Å². The molecule has 0 saturated heterocycles. The average molecular weight is 333 g/mol. The second-order valence-corrected chi connectivity index (χ2v) is 5.15. The summed E-state index contributed by atoms with van der Waals surface area (Å²) in [6, 6.07) is 11.8. The highest BCUT2D eigenvalue weighted by atomic mass is 79.9. The summed E-state index contributed by atoms with van der Waals surface area (Å²) in [4.78, 5) is 4.23. The highest BCUT2D eigenvalue weighted by Gasteiger charge is 2.12. The van der Waals surface area contributed by atoms with E-state index in [1.54, 1.807) is 18.2 Å². The minimum absolute atomic E-state index is 0.131. The van der Waals surface area contributed by atoms with Crippen LogP contribution in [0.4, 0.5) is 10.1 Å². The van der Waals surface area contributed by atoms with Gasteiger partial charge >= 0.3 is 0 Å². The van der Waals surface area contributed by atoms with Gasteiger partial charge in [0.15, 0.2) is 17.3 Å². The van der Waals surface area contributed by atoms with Gasteiger partial charge in [0.25, 0.3) is 0 Å². The molecule has 0 saturated carbocycles. The first-order chi connectivity index (χ1) is 9.65. The van der Waals surface area contributed by atoms with E-state index < -0.39 is 5.82 Å². The van der Waals surface area contributed by atoms with Crippen molar-refractivity contribution in [3.63, 3.8) is 0 Å². The summed E-state index contributed by atoms with van der Waals surface area (Å²) in [7, 11) is 0. The van der Waals surface area contributed by atoms with Gasteiger partial charge in [-0.3, -0.25) is 4.98 Å². The van der Waals surface area contributed by atoms with Gasteiger partial charge in [-0.1, -0.05) is 28.1 Å². The van der Waals surface area contributed by atoms with Gasteiger partial charge in [-0.15, -0.1) is 0 Å². The molecule has 3 aromatic rings. The van der Waals surface area contributed by atoms with Crippen LogP contribution in [0.3, 0.4) is 0 Å². The molecule has 0 atom stereocenters. The first-order valence-electron chi connectivity index (χ1n) is 5.91. The van der Waals surface area contributed by atoms with Gasteiger partial charge in [0, 0.05) is 9.86 Å². The number of nitrogen functional groups attached to an aromatic ring is 1. The number of fused-ring (bicyclic) bond motifs is 1. The van der Waals surface area contributed by atoms with Crippen LogP contribution in [0.2, 0.25) is 0 Å². The number of nitrogens with two attached hydrogens (primary N) is 1. The molecule has 0 unspecified atom stereocenters. The van der Waals surface area contributed by atoms with Crippen molar-refractivity contribution in [2.45, 2.75) is 0 Å². The number of aromatic nitrogens is 1. The normalized spacial score (nSPS) is 10.7. The van der Waals surface area contributed by atoms with Gasteiger partial charge in [0.05, 0.1) is 17.4 Å². The molecule has 3 rings (SSSR count). The van der Waals surface area contributed by atoms with Crippen LogP contribution >= 0.6 is 15.9 Å². The summed E-state index contributed by atoms with van der Waals surface area (Å²) in [6.45, 7) is 0. The van der Waals surface area contributed by atoms with E-state index in [0.29, 0.717) is 11.4 Å². The molecule has 2 aromatic carbocycles. The first kappa shape index (κ1) is 12.9. The van der Waals surface area contributed by atoms with Gasteiger partial charge in [0.1, 0.15) is 0 Å². The van der Waals surface area contributed by atoms with Crippen molar-refractivity contribution in [1.82, 2.24) is 4.98 Å². The Morgan fingerprint density at radius 2 is 1.95 bits per heavy atom. The lowest BCUT2D eigenvalue weighted by atomic mass is 10.2. The summed E-state index contributed by atoms with van der Waals surface area (Å²) in [5.41, 5.74) is 7.00. The number of ether oxygens (including phenoxy) is 1. The van der Waals surface area contributed by atoms with Crippen LogP contribution in [-0.4, -0.2) is 4.98 Å². The monoisotopic (exact) mass is 332 g/mol. The Hall–Kier alpha value is -2.14. The molecular formula is C15H10BrFN2O. The molecule has 0 aliphatic rings. The van der Waals surface area contributed by atoms with Gasteiger partial charge in [-0.25, -0.2) is 4.39 Å². The molecule has 100 valence electrons. The Kier molecular flexibility index (Phi) is 3.28. The van der Waals surface area contributed by atoms with E-state index in [4.69, 9.17) is 10.5 Å². The maximum atomic E-state index is 13.7. The van der Waals surface area contributed by atoms with Gasteiger partial charge in [-0.05, 0) is 30.3 Å². The number of para-hydroxylation sites is 1. The molecule has 2 N–H and O–H groups in total. The topological polar surface area (TPSA) is 48.1 Å². The van der Waals surface area contributed by atoms with E-state index >= 15 is 0 Å². The molecule has 0 amide bonds. The van der Waals surface area contributed by atoms with E-state index in [1.807, 2.05) is 18.2 Å². The van der Waals surface area contributed by atoms with Gasteiger partial charge in [-0.2, -0.15) is 0 Å². The summed E-state index contributed by atoms with van der Waals surface area (Å²) in [6.07, 6.45) is 1.51. The molecule has 1 heterocycles. The van der Waals surface area contributed by atoms with Crippen molar-refractivity contribution in [1.29, 1.82) is 0 Å². The largest absolute Gasteiger partial charge is 0.451 e. The van der Waals surface area contributed by atoms with Crippen molar-refractivity contribution in [2.75, 3.05) is 5.73 Å². The molecule has 0 spiro atoms. The van der Waals surface area contributed by atoms with Crippen LogP contribution in [0.1, 0.15) is 0 Å². The fourth-order valence-electron chi connectivity index (χ4n) is 1.91. The minimum Gasteiger partial charge on any atom is -0.451 e. The third-order valence-electron chi connectivity index (χ3n) is 2.86. The average Bonchev–Trinajstić information content (AvgIpc) is 2.44. The molecular weight excluding hydrogens is 323 g/mol. The fourth-order valence-corrected chi connectivity index (χ4v) is 2.27. The van der Waals surface area contributed by atoms with Crippen LogP contribution in [0.15, 0.2) is 53.1 Å². The molecule has 5 heteroatoms. The summed E-state index contributed by atoms with van der Waals surface area (Å²) >= 11 is 3.39. The van der Waals surface area contributed by atoms with E-state index in [2.05, 4.69) is 20.9 Å². The SMILES string of the molecule is Nc1cnc2ccc(Br)cc2c1Oc1ccccc1F. The maximum absolute atomic E-state index is 13.7. The van der Waals surface area contributed by atoms with Crippen LogP contribution < -0.4 is 10.5 Å². The number of halogens is 2. The Bertz CT molecular complexity index is 787. The highest BCUT2D eigenvalue weighted by Crippen LogP contribution is 2.36. The molecule has 0 fully saturated rings. The fraction of sp³-hybridized carbons (Fsp3) is 0. The zero-order chi connectivity index (χ0) is 14.1. The van der Waals surface area contributed by atoms with E-state index in [9.17, 15) is 4.39 Å². The minimum atomic E-state index is -0.438. The Balaban J connectivity index is 2.17. The number of hydrogen-bond acceptors (Lipinski definition) is 3. The summed E-state index contributed by atoms with van der Waals surface area (Å²) in [5, 5.41) is 0.725. The predicted octanol–water partition coefficient (Wildman–Crippen LogP) is 4.51. The molecule has 3 nitrogen and oxygen atoms in total. The number of nitrogens with zero attached hydrogens (tertiary/aromatic N) is 1. The number of benzene rings is 2. The molecule has 20 heavy (non-hydrogen) atoms. The van der Waals surface area contributed by atoms with Crippen molar-refractivity contribution < 1.29 is 9.13 Å². The Labute approximate surface area is 123 Å². The number of hydrogen-bond donors (Lipinski definition) is 1. The number of rotatable bonds is 2. The van der Waals surface area contributed by atoms with Crippen molar-refractivity contribution >= 4 is 32.5 Å². The van der Waals surface area contributed by atoms with Gasteiger partial charge in [0.2, 0.25) is 0 Å². The molecule has 0 aliphatic heterocycles. The quantitative estimate of drug-likeness (QED) is 0.751. The molecule has 0 bridgehead atoms. The van der Waals surface area contributed by atoms with Crippen LogP contribution in [0.5, 0.6) is 11.5 Å². The molecule has 0 radical (unpaired) electrons. The van der Waals surface area contributed by atoms with Crippen molar-refractivity contribution in [2.24, 2.45) is 0 Å². The Morgan fingerprint density at radius 3 is 2.75 bits per heavy atom. The number of pyridine rings is 1.